The third kappa shape index (κ3) is 12.4. The number of carbonyl (C=O) groups excluding carboxylic acids is 1. The molecule has 0 amide bonds. The highest BCUT2D eigenvalue weighted by Gasteiger charge is 2.72. The molecule has 538 valence electrons. The van der Waals surface area contributed by atoms with Crippen molar-refractivity contribution in [1.82, 2.24) is 0 Å². The van der Waals surface area contributed by atoms with Crippen molar-refractivity contribution in [2.75, 3.05) is 19.8 Å². The maximum Gasteiger partial charge on any atom is 0.335 e. The highest BCUT2D eigenvalue weighted by atomic mass is 16.8. The van der Waals surface area contributed by atoms with E-state index in [2.05, 4.69) is 40.7 Å². The largest absolute Gasteiger partial charge is 0.479 e. The van der Waals surface area contributed by atoms with Gasteiger partial charge < -0.3 is 134 Å². The van der Waals surface area contributed by atoms with Crippen molar-refractivity contribution in [2.24, 2.45) is 50.2 Å². The first-order chi connectivity index (χ1) is 43.9. The number of aliphatic hydroxyl groups is 15. The molecule has 29 heteroatoms. The summed E-state index contributed by atoms with van der Waals surface area (Å²) < 4.78 is 68.1. The molecule has 0 aromatic carbocycles. The minimum Gasteiger partial charge on any atom is -0.479 e. The van der Waals surface area contributed by atoms with E-state index in [1.807, 2.05) is 13.8 Å². The molecule has 0 spiro atoms. The fourth-order valence-electron chi connectivity index (χ4n) is 18.7. The minimum atomic E-state index is -2.34. The second-order valence-corrected chi connectivity index (χ2v) is 30.7. The van der Waals surface area contributed by atoms with Crippen molar-refractivity contribution in [3.05, 3.63) is 23.3 Å². The predicted molar refractivity (Wildman–Crippen MR) is 319 cm³/mol. The van der Waals surface area contributed by atoms with Gasteiger partial charge in [-0.05, 0) is 124 Å². The summed E-state index contributed by atoms with van der Waals surface area (Å²) in [6, 6.07) is 0. The normalized spacial score (nSPS) is 52.6. The van der Waals surface area contributed by atoms with E-state index >= 15 is 0 Å². The van der Waals surface area contributed by atoms with Crippen LogP contribution in [0.3, 0.4) is 0 Å². The van der Waals surface area contributed by atoms with Crippen molar-refractivity contribution in [2.45, 2.75) is 299 Å². The van der Waals surface area contributed by atoms with Gasteiger partial charge >= 0.3 is 11.9 Å². The number of hydrogen-bond donors (Lipinski definition) is 16. The van der Waals surface area contributed by atoms with Crippen LogP contribution in [0.1, 0.15) is 128 Å². The summed E-state index contributed by atoms with van der Waals surface area (Å²) in [6.45, 7) is 18.9. The molecule has 94 heavy (non-hydrogen) atoms. The molecule has 0 aromatic heterocycles. The molecule has 5 saturated heterocycles. The van der Waals surface area contributed by atoms with E-state index in [1.165, 1.54) is 13.8 Å². The SMILES string of the molecule is C/C=C(/C)C(=O)O[C@H]1CC(C)(C)C[C@H]2C3=CC[C@@H]4[C@@]5(C)CC[C@H](O[C@@H]6O[C@H](C(=O)O)[C@@H](O)[C@H](O[C@@H]7O[C@H](CO)[C@H](O)[C@H](O)[C@H]7O[C@@H]7O[C@@H](C)[C@H](O)[C@@H](O)[C@H]7O[C@@H]7O[C@@H](C)[C@H](O)[C@@H](O)[C@H]7O)[C@H]6O[C@@H]6O[C@H](CO)[C@@H](O)[C@H](O)[C@H]6O)C(C)(C)C5CC[C@@]4(C)[C@]3(C)C[C@@H](O)[C@@]12CO. The Balaban J connectivity index is 0.976. The Morgan fingerprint density at radius 1 is 0.553 bits per heavy atom. The molecule has 0 aromatic rings. The molecule has 1 unspecified atom stereocenters. The van der Waals surface area contributed by atoms with Gasteiger partial charge in [-0.3, -0.25) is 0 Å². The number of allylic oxidation sites excluding steroid dienone is 3. The predicted octanol–water partition coefficient (Wildman–Crippen LogP) is -2.13. The smallest absolute Gasteiger partial charge is 0.335 e. The highest BCUT2D eigenvalue weighted by Crippen LogP contribution is 2.76. The van der Waals surface area contributed by atoms with Gasteiger partial charge in [0.2, 0.25) is 0 Å². The maximum absolute atomic E-state index is 13.5. The summed E-state index contributed by atoms with van der Waals surface area (Å²) in [6.07, 6.45) is -42.1. The Kier molecular flexibility index (Phi) is 21.6. The lowest BCUT2D eigenvalue weighted by atomic mass is 9.33. The lowest BCUT2D eigenvalue weighted by Crippen LogP contribution is -2.70. The van der Waals surface area contributed by atoms with Crippen molar-refractivity contribution in [1.29, 1.82) is 0 Å². The molecule has 9 fully saturated rings. The third-order valence-electron chi connectivity index (χ3n) is 24.6. The number of carbonyl (C=O) groups is 2. The summed E-state index contributed by atoms with van der Waals surface area (Å²) in [4.78, 5) is 26.9. The second-order valence-electron chi connectivity index (χ2n) is 30.7. The van der Waals surface area contributed by atoms with Gasteiger partial charge in [-0.15, -0.1) is 0 Å². The first-order valence-corrected chi connectivity index (χ1v) is 33.2. The molecule has 29 nitrogen and oxygen atoms in total. The fourth-order valence-corrected chi connectivity index (χ4v) is 18.7. The van der Waals surface area contributed by atoms with Crippen LogP contribution < -0.4 is 0 Å². The topological polar surface area (TPSA) is 459 Å². The average molecular weight is 1350 g/mol. The third-order valence-corrected chi connectivity index (χ3v) is 24.6. The Morgan fingerprint density at radius 2 is 1.06 bits per heavy atom. The van der Waals surface area contributed by atoms with Crippen LogP contribution in [-0.4, -0.2) is 285 Å². The number of carboxylic acid groups (broad SMARTS) is 1. The van der Waals surface area contributed by atoms with Crippen LogP contribution in [0.4, 0.5) is 0 Å². The summed E-state index contributed by atoms with van der Waals surface area (Å²) in [7, 11) is 0. The summed E-state index contributed by atoms with van der Waals surface area (Å²) >= 11 is 0. The summed E-state index contributed by atoms with van der Waals surface area (Å²) in [5.74, 6) is -2.69. The van der Waals surface area contributed by atoms with Crippen molar-refractivity contribution in [3.63, 3.8) is 0 Å². The van der Waals surface area contributed by atoms with Crippen molar-refractivity contribution >= 4 is 11.9 Å². The second kappa shape index (κ2) is 27.4. The van der Waals surface area contributed by atoms with Gasteiger partial charge in [-0.1, -0.05) is 66.2 Å². The van der Waals surface area contributed by atoms with Crippen LogP contribution in [0, 0.1) is 50.2 Å². The van der Waals surface area contributed by atoms with Crippen LogP contribution in [0.5, 0.6) is 0 Å². The number of esters is 1. The van der Waals surface area contributed by atoms with Crippen LogP contribution in [0.25, 0.3) is 0 Å². The van der Waals surface area contributed by atoms with Crippen LogP contribution in [0.2, 0.25) is 0 Å². The maximum atomic E-state index is 13.5. The zero-order valence-electron chi connectivity index (χ0n) is 55.3. The number of aliphatic carboxylic acids is 1. The Morgan fingerprint density at radius 3 is 1.66 bits per heavy atom. The van der Waals surface area contributed by atoms with Crippen LogP contribution in [0.15, 0.2) is 23.3 Å². The Hall–Kier alpha value is -2.58. The first kappa shape index (κ1) is 74.1. The quantitative estimate of drug-likeness (QED) is 0.0340. The van der Waals surface area contributed by atoms with Gasteiger partial charge in [-0.25, -0.2) is 9.59 Å². The highest BCUT2D eigenvalue weighted by molar-refractivity contribution is 5.87. The molecular weight excluding hydrogens is 1240 g/mol. The molecule has 10 rings (SSSR count). The monoisotopic (exact) mass is 1350 g/mol. The van der Waals surface area contributed by atoms with Gasteiger partial charge in [0.25, 0.3) is 0 Å². The number of fused-ring (bicyclic) bond motifs is 7. The molecule has 35 atom stereocenters. The van der Waals surface area contributed by atoms with Crippen LogP contribution in [-0.2, 0) is 61.7 Å². The molecule has 0 radical (unpaired) electrons. The molecule has 10 aliphatic rings. The van der Waals surface area contributed by atoms with Gasteiger partial charge in [0.15, 0.2) is 37.6 Å². The first-order valence-electron chi connectivity index (χ1n) is 33.2. The molecule has 5 aliphatic carbocycles. The zero-order valence-corrected chi connectivity index (χ0v) is 55.3. The standard InChI is InChI=1S/C65H104O29/c1-12-25(2)54(83)88-36-21-60(5,6)19-29-28-13-14-33-62(9)17-16-35(61(7,8)32(62)15-18-63(33,10)64(28,11)20-34(69)65(29,36)24-68)89-59-52(94-56-46(79)42(75)39(72)30(22-66)86-56)48(47(80)49(91-59)53(81)82)90-58-51(44(77)40(73)31(23-67)87-58)93-57-50(43(76)38(71)27(4)85-57)92-55-45(78)41(74)37(70)26(3)84-55/h12-13,26-27,29-52,55-59,66-80H,14-24H2,1-11H3,(H,81,82)/b25-12-/t26-,27-,29-,30+,31+,32?,33+,34+,35-,36-,37-,38-,39+,40-,41+,42-,43+,44-,45+,46+,47-,48-,49-,50+,51+,52+,55-,56-,57-,58-,59+,62-,63+,64+,65-/m0/s1. The minimum absolute atomic E-state index is 0.0131. The molecule has 16 N–H and O–H groups in total. The summed E-state index contributed by atoms with van der Waals surface area (Å²) in [5, 5.41) is 180. The number of rotatable bonds is 16. The van der Waals surface area contributed by atoms with Gasteiger partial charge in [0, 0.05) is 5.57 Å². The Bertz CT molecular complexity index is 2730. The summed E-state index contributed by atoms with van der Waals surface area (Å²) in [5.41, 5.74) is -2.17. The van der Waals surface area contributed by atoms with Gasteiger partial charge in [-0.2, -0.15) is 0 Å². The van der Waals surface area contributed by atoms with E-state index in [0.29, 0.717) is 56.9 Å². The zero-order chi connectivity index (χ0) is 69.2. The van der Waals surface area contributed by atoms with Crippen molar-refractivity contribution in [3.8, 4) is 0 Å². The lowest BCUT2D eigenvalue weighted by Gasteiger charge is -2.72. The van der Waals surface area contributed by atoms with E-state index in [1.54, 1.807) is 19.9 Å². The molecule has 5 heterocycles. The molecule has 0 bridgehead atoms. The molecule has 4 saturated carbocycles. The van der Waals surface area contributed by atoms with Gasteiger partial charge in [0.1, 0.15) is 110 Å². The lowest BCUT2D eigenvalue weighted by molar-refractivity contribution is -0.412. The number of aliphatic hydroxyl groups excluding tert-OH is 15. The van der Waals surface area contributed by atoms with E-state index in [0.717, 1.165) is 5.57 Å². The molecule has 5 aliphatic heterocycles. The van der Waals surface area contributed by atoms with E-state index in [4.69, 9.17) is 52.1 Å². The number of hydrogen-bond acceptors (Lipinski definition) is 28. The van der Waals surface area contributed by atoms with E-state index in [-0.39, 0.29) is 23.2 Å². The van der Waals surface area contributed by atoms with Gasteiger partial charge in [0.05, 0.1) is 49.7 Å². The Labute approximate surface area is 546 Å². The average Bonchev–Trinajstić information content (AvgIpc) is 0.671. The van der Waals surface area contributed by atoms with E-state index in [9.17, 15) is 91.3 Å². The van der Waals surface area contributed by atoms with Crippen molar-refractivity contribution < 1.29 is 143 Å². The van der Waals surface area contributed by atoms with E-state index < -0.39 is 231 Å². The number of ether oxygens (including phenoxy) is 11. The van der Waals surface area contributed by atoms with Crippen LogP contribution >= 0.6 is 0 Å². The number of carboxylic acids is 1. The fraction of sp³-hybridized carbons (Fsp3) is 0.908. The molecular formula is C65H104O29.